The number of pyridine rings is 1. The number of carbonyl (C=O) groups is 1. The number of benzene rings is 2. The molecule has 178 valence electrons. The molecule has 3 aromatic rings. The predicted molar refractivity (Wildman–Crippen MR) is 134 cm³/mol. The van der Waals surface area contributed by atoms with E-state index in [0.717, 1.165) is 60.6 Å². The van der Waals surface area contributed by atoms with E-state index in [1.807, 2.05) is 31.3 Å². The van der Waals surface area contributed by atoms with Crippen molar-refractivity contribution in [1.82, 2.24) is 14.8 Å². The van der Waals surface area contributed by atoms with Crippen molar-refractivity contribution in [2.75, 3.05) is 13.1 Å². The molecule has 4 heterocycles. The Hall–Kier alpha value is -3.38. The number of rotatable bonds is 4. The van der Waals surface area contributed by atoms with Gasteiger partial charge >= 0.3 is 0 Å². The number of hydrogen-bond acceptors (Lipinski definition) is 4. The van der Waals surface area contributed by atoms with Gasteiger partial charge in [-0.15, -0.1) is 0 Å². The van der Waals surface area contributed by atoms with E-state index in [-0.39, 0.29) is 17.8 Å². The number of aromatic nitrogens is 1. The Labute approximate surface area is 205 Å². The molecule has 6 heteroatoms. The number of nitrogens with zero attached hydrogens (tertiary/aromatic N) is 4. The van der Waals surface area contributed by atoms with Crippen molar-refractivity contribution in [2.45, 2.75) is 51.9 Å². The summed E-state index contributed by atoms with van der Waals surface area (Å²) in [5.74, 6) is 0.0107. The third kappa shape index (κ3) is 4.39. The lowest BCUT2D eigenvalue weighted by atomic mass is 9.90. The van der Waals surface area contributed by atoms with Gasteiger partial charge in [-0.2, -0.15) is 0 Å². The van der Waals surface area contributed by atoms with Crippen molar-refractivity contribution in [3.63, 3.8) is 0 Å². The number of halogens is 1. The van der Waals surface area contributed by atoms with Crippen molar-refractivity contribution in [3.05, 3.63) is 99.6 Å². The van der Waals surface area contributed by atoms with Crippen LogP contribution in [0.1, 0.15) is 51.9 Å². The second kappa shape index (κ2) is 9.00. The minimum absolute atomic E-state index is 0.203. The molecule has 1 aromatic heterocycles. The van der Waals surface area contributed by atoms with Gasteiger partial charge in [-0.05, 0) is 78.9 Å². The first-order chi connectivity index (χ1) is 17.0. The zero-order valence-corrected chi connectivity index (χ0v) is 20.0. The van der Waals surface area contributed by atoms with Crippen LogP contribution in [0.25, 0.3) is 0 Å². The van der Waals surface area contributed by atoms with E-state index in [1.165, 1.54) is 28.8 Å². The molecule has 3 aliphatic rings. The maximum atomic E-state index is 13.3. The largest absolute Gasteiger partial charge is 0.334 e. The molecule has 2 aromatic carbocycles. The van der Waals surface area contributed by atoms with Gasteiger partial charge in [0.25, 0.3) is 0 Å². The summed E-state index contributed by atoms with van der Waals surface area (Å²) in [7, 11) is 0. The minimum Gasteiger partial charge on any atom is -0.334 e. The van der Waals surface area contributed by atoms with Gasteiger partial charge in [-0.3, -0.25) is 19.7 Å². The van der Waals surface area contributed by atoms with Crippen molar-refractivity contribution in [1.29, 1.82) is 0 Å². The zero-order chi connectivity index (χ0) is 23.9. The number of hydrogen-bond donors (Lipinski definition) is 0. The summed E-state index contributed by atoms with van der Waals surface area (Å²) < 4.78 is 13.3. The lowest BCUT2D eigenvalue weighted by Gasteiger charge is -2.41. The Morgan fingerprint density at radius 2 is 1.91 bits per heavy atom. The summed E-state index contributed by atoms with van der Waals surface area (Å²) in [5.41, 5.74) is 8.99. The molecule has 0 N–H and O–H groups in total. The molecule has 1 saturated heterocycles. The maximum Gasteiger partial charge on any atom is 0.227 e. The first-order valence-electron chi connectivity index (χ1n) is 12.4. The molecule has 3 aliphatic heterocycles. The Kier molecular flexibility index (Phi) is 5.69. The first-order valence-corrected chi connectivity index (χ1v) is 12.4. The third-order valence-electron chi connectivity index (χ3n) is 7.50. The molecule has 5 nitrogen and oxygen atoms in total. The number of fused-ring (bicyclic) bond motifs is 2. The second-order valence-electron chi connectivity index (χ2n) is 9.98. The Morgan fingerprint density at radius 3 is 2.74 bits per heavy atom. The lowest BCUT2D eigenvalue weighted by molar-refractivity contribution is -0.135. The molecule has 0 unspecified atom stereocenters. The van der Waals surface area contributed by atoms with E-state index >= 15 is 0 Å². The highest BCUT2D eigenvalue weighted by atomic mass is 19.1. The Balaban J connectivity index is 1.21. The van der Waals surface area contributed by atoms with E-state index in [2.05, 4.69) is 33.0 Å². The number of carbonyl (C=O) groups excluding carboxylic acids is 1. The summed E-state index contributed by atoms with van der Waals surface area (Å²) in [4.78, 5) is 26.8. The quantitative estimate of drug-likeness (QED) is 0.569. The summed E-state index contributed by atoms with van der Waals surface area (Å²) in [6.45, 7) is 5.96. The fourth-order valence-corrected chi connectivity index (χ4v) is 5.74. The van der Waals surface area contributed by atoms with Crippen LogP contribution >= 0.6 is 0 Å². The summed E-state index contributed by atoms with van der Waals surface area (Å²) in [5, 5.41) is 0. The highest BCUT2D eigenvalue weighted by Crippen LogP contribution is 2.32. The maximum absolute atomic E-state index is 13.3. The molecular formula is C29H29FN4O. The van der Waals surface area contributed by atoms with Crippen molar-refractivity contribution < 1.29 is 9.18 Å². The lowest BCUT2D eigenvalue weighted by Crippen LogP contribution is -2.51. The molecule has 1 fully saturated rings. The van der Waals surface area contributed by atoms with Gasteiger partial charge in [0.05, 0.1) is 18.7 Å². The first kappa shape index (κ1) is 22.1. The van der Waals surface area contributed by atoms with Crippen LogP contribution in [0.5, 0.6) is 0 Å². The topological polar surface area (TPSA) is 48.8 Å². The zero-order valence-electron chi connectivity index (χ0n) is 20.0. The van der Waals surface area contributed by atoms with Crippen LogP contribution in [-0.2, 0) is 30.8 Å². The molecule has 0 saturated carbocycles. The minimum atomic E-state index is -0.207. The average molecular weight is 469 g/mol. The normalized spacial score (nSPS) is 19.9. The van der Waals surface area contributed by atoms with Crippen molar-refractivity contribution >= 4 is 11.6 Å². The molecule has 0 aliphatic carbocycles. The number of aliphatic imine (C=N–C) groups is 1. The van der Waals surface area contributed by atoms with Gasteiger partial charge in [0, 0.05) is 48.7 Å². The summed E-state index contributed by atoms with van der Waals surface area (Å²) in [6.07, 6.45) is 4.38. The van der Waals surface area contributed by atoms with Crippen molar-refractivity contribution in [3.8, 4) is 0 Å². The fraction of sp³-hybridized carbons (Fsp3) is 0.345. The van der Waals surface area contributed by atoms with Gasteiger partial charge < -0.3 is 4.90 Å². The van der Waals surface area contributed by atoms with Gasteiger partial charge in [0.15, 0.2) is 0 Å². The molecule has 1 amide bonds. The fourth-order valence-electron chi connectivity index (χ4n) is 5.74. The number of piperidine rings is 1. The highest BCUT2D eigenvalue weighted by Gasteiger charge is 2.33. The summed E-state index contributed by atoms with van der Waals surface area (Å²) in [6, 6.07) is 15.5. The van der Waals surface area contributed by atoms with Gasteiger partial charge in [0.1, 0.15) is 5.82 Å². The van der Waals surface area contributed by atoms with E-state index in [1.54, 1.807) is 0 Å². The highest BCUT2D eigenvalue weighted by molar-refractivity contribution is 6.15. The smallest absolute Gasteiger partial charge is 0.227 e. The molecule has 0 spiro atoms. The number of aryl methyl sites for hydroxylation is 1. The second-order valence-corrected chi connectivity index (χ2v) is 9.98. The molecule has 0 radical (unpaired) electrons. The average Bonchev–Trinajstić information content (AvgIpc) is 3.26. The van der Waals surface area contributed by atoms with Crippen LogP contribution in [0.15, 0.2) is 59.7 Å². The van der Waals surface area contributed by atoms with Crippen LogP contribution in [0.4, 0.5) is 4.39 Å². The number of amides is 1. The van der Waals surface area contributed by atoms with E-state index in [4.69, 9.17) is 4.99 Å². The van der Waals surface area contributed by atoms with Gasteiger partial charge in [0.2, 0.25) is 5.91 Å². The van der Waals surface area contributed by atoms with Crippen LogP contribution in [0.3, 0.4) is 0 Å². The van der Waals surface area contributed by atoms with Crippen molar-refractivity contribution in [2.24, 2.45) is 4.99 Å². The van der Waals surface area contributed by atoms with Crippen LogP contribution in [0.2, 0.25) is 0 Å². The molecule has 35 heavy (non-hydrogen) atoms. The SMILES string of the molecule is Cc1cc(C2=NCc3cc4c(cc32)CN([C@@H]2CCCN(Cc3ccc(F)cc3)C2)C(=O)C4)ccn1. The molecule has 6 rings (SSSR count). The molecule has 0 bridgehead atoms. The van der Waals surface area contributed by atoms with E-state index < -0.39 is 0 Å². The van der Waals surface area contributed by atoms with Crippen LogP contribution in [-0.4, -0.2) is 45.5 Å². The molecular weight excluding hydrogens is 439 g/mol. The van der Waals surface area contributed by atoms with Crippen LogP contribution in [0, 0.1) is 12.7 Å². The Bertz CT molecular complexity index is 1320. The standard InChI is InChI=1S/C29H29FN4O/c1-19-11-21(8-9-31-19)29-27-13-24-17-34(28(35)14-22(24)12-23(27)15-32-29)26-3-2-10-33(18-26)16-20-4-6-25(30)7-5-20/h4-9,11-13,26H,2-3,10,14-18H2,1H3/t26-/m1/s1. The Morgan fingerprint density at radius 1 is 1.06 bits per heavy atom. The predicted octanol–water partition coefficient (Wildman–Crippen LogP) is 4.43. The molecule has 1 atom stereocenters. The summed E-state index contributed by atoms with van der Waals surface area (Å²) >= 11 is 0. The third-order valence-corrected chi connectivity index (χ3v) is 7.50. The van der Waals surface area contributed by atoms with Crippen LogP contribution < -0.4 is 0 Å². The van der Waals surface area contributed by atoms with E-state index in [0.29, 0.717) is 19.5 Å². The van der Waals surface area contributed by atoms with E-state index in [9.17, 15) is 9.18 Å². The monoisotopic (exact) mass is 468 g/mol. The van der Waals surface area contributed by atoms with Gasteiger partial charge in [-0.25, -0.2) is 4.39 Å². The van der Waals surface area contributed by atoms with Gasteiger partial charge in [-0.1, -0.05) is 18.2 Å². The number of likely N-dealkylation sites (tertiary alicyclic amines) is 1.